The summed E-state index contributed by atoms with van der Waals surface area (Å²) in [5, 5.41) is 0.575. The fraction of sp³-hybridized carbons (Fsp3) is 0.296. The van der Waals surface area contributed by atoms with Crippen LogP contribution in [0, 0.1) is 31.4 Å². The Kier molecular flexibility index (Phi) is 7.26. The molecule has 0 atom stereocenters. The van der Waals surface area contributed by atoms with E-state index in [0.29, 0.717) is 11.2 Å². The van der Waals surface area contributed by atoms with Crippen LogP contribution in [0.1, 0.15) is 29.5 Å². The summed E-state index contributed by atoms with van der Waals surface area (Å²) in [5.74, 6) is -2.56. The molecular formula is C27H26F2N4O3S2. The van der Waals surface area contributed by atoms with Crippen molar-refractivity contribution < 1.29 is 22.0 Å². The maximum Gasteiger partial charge on any atom is 0.245 e. The third kappa shape index (κ3) is 5.18. The van der Waals surface area contributed by atoms with Gasteiger partial charge in [0.05, 0.1) is 16.8 Å². The number of hydrogen-bond acceptors (Lipinski definition) is 6. The molecular weight excluding hydrogens is 530 g/mol. The predicted molar refractivity (Wildman–Crippen MR) is 142 cm³/mol. The average molecular weight is 557 g/mol. The molecule has 0 saturated carbocycles. The molecule has 2 aromatic carbocycles. The van der Waals surface area contributed by atoms with E-state index >= 15 is 0 Å². The van der Waals surface area contributed by atoms with E-state index in [4.69, 9.17) is 4.98 Å². The molecule has 38 heavy (non-hydrogen) atoms. The van der Waals surface area contributed by atoms with Gasteiger partial charge in [0.15, 0.2) is 5.13 Å². The second-order valence-electron chi connectivity index (χ2n) is 9.46. The maximum atomic E-state index is 14.2. The maximum absolute atomic E-state index is 14.2. The van der Waals surface area contributed by atoms with Crippen LogP contribution in [0.4, 0.5) is 13.9 Å². The Labute approximate surface area is 223 Å². The fourth-order valence-corrected chi connectivity index (χ4v) is 7.44. The Morgan fingerprint density at radius 1 is 1.13 bits per heavy atom. The molecule has 1 aliphatic heterocycles. The van der Waals surface area contributed by atoms with Crippen LogP contribution in [0.25, 0.3) is 10.2 Å². The first kappa shape index (κ1) is 26.3. The highest BCUT2D eigenvalue weighted by Crippen LogP contribution is 2.35. The molecule has 0 N–H and O–H groups in total. The van der Waals surface area contributed by atoms with Gasteiger partial charge in [0, 0.05) is 37.5 Å². The van der Waals surface area contributed by atoms with E-state index < -0.39 is 32.5 Å². The smallest absolute Gasteiger partial charge is 0.245 e. The van der Waals surface area contributed by atoms with Gasteiger partial charge >= 0.3 is 0 Å². The molecule has 0 spiro atoms. The number of carbonyl (C=O) groups is 1. The number of anilines is 1. The van der Waals surface area contributed by atoms with Gasteiger partial charge in [-0.15, -0.1) is 0 Å². The highest BCUT2D eigenvalue weighted by Gasteiger charge is 2.36. The Bertz CT molecular complexity index is 1600. The van der Waals surface area contributed by atoms with E-state index in [2.05, 4.69) is 11.1 Å². The number of halogens is 2. The van der Waals surface area contributed by atoms with E-state index in [1.807, 2.05) is 32.0 Å². The van der Waals surface area contributed by atoms with E-state index in [9.17, 15) is 22.0 Å². The summed E-state index contributed by atoms with van der Waals surface area (Å²) < 4.78 is 55.7. The monoisotopic (exact) mass is 556 g/mol. The first-order valence-electron chi connectivity index (χ1n) is 12.2. The number of rotatable bonds is 6. The summed E-state index contributed by atoms with van der Waals surface area (Å²) in [6, 6.07) is 10.2. The number of pyridine rings is 1. The highest BCUT2D eigenvalue weighted by atomic mass is 32.2. The molecule has 198 valence electrons. The van der Waals surface area contributed by atoms with Crippen molar-refractivity contribution in [1.29, 1.82) is 0 Å². The highest BCUT2D eigenvalue weighted by molar-refractivity contribution is 7.89. The molecule has 1 aliphatic rings. The summed E-state index contributed by atoms with van der Waals surface area (Å²) in [5.41, 5.74) is 3.84. The van der Waals surface area contributed by atoms with Gasteiger partial charge in [0.2, 0.25) is 15.9 Å². The quantitative estimate of drug-likeness (QED) is 0.325. The zero-order valence-corrected chi connectivity index (χ0v) is 22.5. The molecule has 0 unspecified atom stereocenters. The molecule has 11 heteroatoms. The average Bonchev–Trinajstić information content (AvgIpc) is 3.31. The number of nitrogens with zero attached hydrogens (tertiary/aromatic N) is 4. The summed E-state index contributed by atoms with van der Waals surface area (Å²) in [4.78, 5) is 23.9. The van der Waals surface area contributed by atoms with Gasteiger partial charge in [-0.3, -0.25) is 14.7 Å². The third-order valence-corrected chi connectivity index (χ3v) is 9.65. The number of sulfonamides is 1. The van der Waals surface area contributed by atoms with Crippen LogP contribution < -0.4 is 4.90 Å². The molecule has 5 rings (SSSR count). The van der Waals surface area contributed by atoms with Crippen molar-refractivity contribution >= 4 is 42.6 Å². The lowest BCUT2D eigenvalue weighted by atomic mass is 9.96. The van der Waals surface area contributed by atoms with Crippen molar-refractivity contribution in [3.8, 4) is 0 Å². The van der Waals surface area contributed by atoms with E-state index in [1.165, 1.54) is 11.3 Å². The largest absolute Gasteiger partial charge is 0.283 e. The van der Waals surface area contributed by atoms with Crippen LogP contribution in [0.5, 0.6) is 0 Å². The summed E-state index contributed by atoms with van der Waals surface area (Å²) in [6.45, 7) is 4.39. The lowest BCUT2D eigenvalue weighted by Gasteiger charge is -2.33. The molecule has 0 bridgehead atoms. The van der Waals surface area contributed by atoms with Crippen molar-refractivity contribution in [1.82, 2.24) is 14.3 Å². The van der Waals surface area contributed by atoms with Crippen molar-refractivity contribution in [3.63, 3.8) is 0 Å². The first-order chi connectivity index (χ1) is 18.1. The minimum absolute atomic E-state index is 0.0500. The number of hydrogen-bond donors (Lipinski definition) is 0. The summed E-state index contributed by atoms with van der Waals surface area (Å²) in [6.07, 6.45) is 3.91. The molecule has 0 radical (unpaired) electrons. The topological polar surface area (TPSA) is 83.5 Å². The van der Waals surface area contributed by atoms with Gasteiger partial charge < -0.3 is 0 Å². The predicted octanol–water partition coefficient (Wildman–Crippen LogP) is 5.22. The van der Waals surface area contributed by atoms with Crippen LogP contribution >= 0.6 is 11.3 Å². The van der Waals surface area contributed by atoms with Crippen molar-refractivity contribution in [3.05, 3.63) is 83.2 Å². The Hall–Kier alpha value is -3.28. The second-order valence-corrected chi connectivity index (χ2v) is 12.4. The molecule has 4 aromatic rings. The molecule has 7 nitrogen and oxygen atoms in total. The van der Waals surface area contributed by atoms with E-state index in [1.54, 1.807) is 17.3 Å². The lowest BCUT2D eigenvalue weighted by molar-refractivity contribution is -0.123. The van der Waals surface area contributed by atoms with Gasteiger partial charge in [-0.1, -0.05) is 23.5 Å². The van der Waals surface area contributed by atoms with Gasteiger partial charge in [0.1, 0.15) is 16.5 Å². The normalized spacial score (nSPS) is 15.2. The Morgan fingerprint density at radius 2 is 1.89 bits per heavy atom. The number of aryl methyl sites for hydroxylation is 2. The van der Waals surface area contributed by atoms with Gasteiger partial charge in [-0.2, -0.15) is 4.31 Å². The number of fused-ring (bicyclic) bond motifs is 1. The first-order valence-corrected chi connectivity index (χ1v) is 14.4. The van der Waals surface area contributed by atoms with Gasteiger partial charge in [0.25, 0.3) is 0 Å². The number of amides is 1. The van der Waals surface area contributed by atoms with Crippen LogP contribution in [0.15, 0.2) is 59.8 Å². The Morgan fingerprint density at radius 3 is 2.58 bits per heavy atom. The minimum atomic E-state index is -4.16. The van der Waals surface area contributed by atoms with Gasteiger partial charge in [-0.25, -0.2) is 22.2 Å². The third-order valence-electron chi connectivity index (χ3n) is 6.69. The van der Waals surface area contributed by atoms with Crippen LogP contribution in [0.3, 0.4) is 0 Å². The van der Waals surface area contributed by atoms with Crippen molar-refractivity contribution in [2.45, 2.75) is 38.1 Å². The zero-order valence-electron chi connectivity index (χ0n) is 20.9. The fourth-order valence-electron chi connectivity index (χ4n) is 4.78. The molecule has 1 saturated heterocycles. The minimum Gasteiger partial charge on any atom is -0.283 e. The van der Waals surface area contributed by atoms with Crippen LogP contribution in [-0.4, -0.2) is 41.7 Å². The summed E-state index contributed by atoms with van der Waals surface area (Å²) >= 11 is 1.45. The van der Waals surface area contributed by atoms with Crippen molar-refractivity contribution in [2.75, 3.05) is 18.0 Å². The second kappa shape index (κ2) is 10.5. The number of benzene rings is 2. The zero-order chi connectivity index (χ0) is 27.0. The number of carbonyl (C=O) groups excluding carboxylic acids is 1. The molecule has 3 heterocycles. The molecule has 0 aliphatic carbocycles. The van der Waals surface area contributed by atoms with Gasteiger partial charge in [-0.05, 0) is 67.6 Å². The number of thiazole rings is 1. The van der Waals surface area contributed by atoms with E-state index in [-0.39, 0.29) is 38.4 Å². The number of piperidine rings is 1. The van der Waals surface area contributed by atoms with Crippen molar-refractivity contribution in [2.24, 2.45) is 5.92 Å². The molecule has 1 amide bonds. The number of aromatic nitrogens is 2. The van der Waals surface area contributed by atoms with E-state index in [0.717, 1.165) is 43.3 Å². The standard InChI is InChI=1S/C27H26F2N4O3S2/c1-17-12-18(2)25-23(13-17)37-27(31-25)33(16-19-4-3-9-30-15-19)26(34)20-7-10-32(11-8-20)38(35,36)24-6-5-21(28)14-22(24)29/h3-6,9,12-15,20H,7-8,10-11,16H2,1-2H3. The van der Waals surface area contributed by atoms with Crippen LogP contribution in [-0.2, 0) is 21.4 Å². The van der Waals surface area contributed by atoms with Crippen LogP contribution in [0.2, 0.25) is 0 Å². The summed E-state index contributed by atoms with van der Waals surface area (Å²) in [7, 11) is -4.16. The molecule has 1 fully saturated rings. The lowest BCUT2D eigenvalue weighted by Crippen LogP contribution is -2.44. The molecule has 2 aromatic heterocycles. The Balaban J connectivity index is 1.39. The SMILES string of the molecule is Cc1cc(C)c2nc(N(Cc3cccnc3)C(=O)C3CCN(S(=O)(=O)c4ccc(F)cc4F)CC3)sc2c1.